The summed E-state index contributed by atoms with van der Waals surface area (Å²) >= 11 is 6.83. The van der Waals surface area contributed by atoms with Gasteiger partial charge in [-0.05, 0) is 17.5 Å². The van der Waals surface area contributed by atoms with Crippen LogP contribution in [0.25, 0.3) is 10.8 Å². The molecule has 7 heteroatoms. The van der Waals surface area contributed by atoms with Gasteiger partial charge < -0.3 is 4.42 Å². The van der Waals surface area contributed by atoms with Gasteiger partial charge in [0.25, 0.3) is 5.89 Å². The highest BCUT2D eigenvalue weighted by atomic mass is 35.5. The third kappa shape index (κ3) is 2.00. The molecule has 0 aromatic carbocycles. The topological polar surface area (TPSA) is 64.7 Å². The van der Waals surface area contributed by atoms with E-state index in [1.807, 2.05) is 13.8 Å². The molecule has 0 unspecified atom stereocenters. The number of nitrogens with zero attached hydrogens (tertiary/aromatic N) is 4. The van der Waals surface area contributed by atoms with Crippen LogP contribution in [-0.4, -0.2) is 19.8 Å². The van der Waals surface area contributed by atoms with E-state index in [-0.39, 0.29) is 11.8 Å². The Morgan fingerprint density at radius 3 is 2.73 bits per heavy atom. The maximum Gasteiger partial charge on any atom is 0.261 e. The molecule has 2 rings (SSSR count). The fourth-order valence-electron chi connectivity index (χ4n) is 1.12. The quantitative estimate of drug-likeness (QED) is 0.776. The van der Waals surface area contributed by atoms with Crippen molar-refractivity contribution in [2.45, 2.75) is 25.6 Å². The van der Waals surface area contributed by atoms with Crippen LogP contribution >= 0.6 is 23.1 Å². The third-order valence-electron chi connectivity index (χ3n) is 1.84. The van der Waals surface area contributed by atoms with Gasteiger partial charge in [0.1, 0.15) is 10.8 Å². The van der Waals surface area contributed by atoms with E-state index < -0.39 is 0 Å². The SMILES string of the molecule is CC(C)c1nnsc1-c1nnc(CCl)o1. The highest BCUT2D eigenvalue weighted by molar-refractivity contribution is 7.09. The summed E-state index contributed by atoms with van der Waals surface area (Å²) in [7, 11) is 0. The van der Waals surface area contributed by atoms with Gasteiger partial charge in [0.15, 0.2) is 0 Å². The predicted molar refractivity (Wildman–Crippen MR) is 56.8 cm³/mol. The van der Waals surface area contributed by atoms with Crippen molar-refractivity contribution in [2.75, 3.05) is 0 Å². The molecule has 0 N–H and O–H groups in total. The first-order valence-corrected chi connectivity index (χ1v) is 5.74. The lowest BCUT2D eigenvalue weighted by molar-refractivity contribution is 0.527. The van der Waals surface area contributed by atoms with Crippen LogP contribution in [0.15, 0.2) is 4.42 Å². The van der Waals surface area contributed by atoms with Crippen molar-refractivity contribution in [1.82, 2.24) is 19.8 Å². The van der Waals surface area contributed by atoms with Gasteiger partial charge in [0.05, 0.1) is 5.69 Å². The Morgan fingerprint density at radius 1 is 1.33 bits per heavy atom. The Bertz CT molecular complexity index is 453. The minimum Gasteiger partial charge on any atom is -0.418 e. The Morgan fingerprint density at radius 2 is 2.13 bits per heavy atom. The summed E-state index contributed by atoms with van der Waals surface area (Å²) in [6, 6.07) is 0. The molecule has 2 heterocycles. The van der Waals surface area contributed by atoms with E-state index in [2.05, 4.69) is 19.8 Å². The highest BCUT2D eigenvalue weighted by Crippen LogP contribution is 2.29. The van der Waals surface area contributed by atoms with Crippen LogP contribution in [0.2, 0.25) is 0 Å². The number of halogens is 1. The van der Waals surface area contributed by atoms with Crippen LogP contribution in [0, 0.1) is 0 Å². The molecule has 0 aliphatic carbocycles. The number of alkyl halides is 1. The second kappa shape index (κ2) is 4.24. The maximum absolute atomic E-state index is 5.58. The zero-order chi connectivity index (χ0) is 10.8. The molecule has 0 radical (unpaired) electrons. The van der Waals surface area contributed by atoms with Crippen LogP contribution in [0.1, 0.15) is 31.4 Å². The molecule has 80 valence electrons. The van der Waals surface area contributed by atoms with Crippen LogP contribution in [0.3, 0.4) is 0 Å². The Labute approximate surface area is 95.6 Å². The van der Waals surface area contributed by atoms with Crippen molar-refractivity contribution in [2.24, 2.45) is 0 Å². The highest BCUT2D eigenvalue weighted by Gasteiger charge is 2.18. The molecular formula is C8H9ClN4OS. The molecule has 2 aromatic rings. The van der Waals surface area contributed by atoms with Crippen molar-refractivity contribution in [3.8, 4) is 10.8 Å². The smallest absolute Gasteiger partial charge is 0.261 e. The van der Waals surface area contributed by atoms with E-state index in [4.69, 9.17) is 16.0 Å². The van der Waals surface area contributed by atoms with Crippen LogP contribution < -0.4 is 0 Å². The standard InChI is InChI=1S/C8H9ClN4OS/c1-4(2)6-7(15-13-11-6)8-12-10-5(3-9)14-8/h4H,3H2,1-2H3. The first-order valence-electron chi connectivity index (χ1n) is 4.43. The van der Waals surface area contributed by atoms with E-state index in [9.17, 15) is 0 Å². The molecule has 0 atom stereocenters. The van der Waals surface area contributed by atoms with E-state index in [1.165, 1.54) is 11.5 Å². The van der Waals surface area contributed by atoms with Gasteiger partial charge in [0.2, 0.25) is 5.89 Å². The maximum atomic E-state index is 5.58. The first kappa shape index (κ1) is 10.5. The minimum atomic E-state index is 0.218. The van der Waals surface area contributed by atoms with E-state index in [0.29, 0.717) is 11.8 Å². The predicted octanol–water partition coefficient (Wildman–Crippen LogP) is 2.45. The zero-order valence-corrected chi connectivity index (χ0v) is 9.84. The molecule has 0 bridgehead atoms. The van der Waals surface area contributed by atoms with Gasteiger partial charge in [-0.3, -0.25) is 0 Å². The van der Waals surface area contributed by atoms with Gasteiger partial charge in [-0.15, -0.1) is 26.9 Å². The van der Waals surface area contributed by atoms with Gasteiger partial charge >= 0.3 is 0 Å². The first-order chi connectivity index (χ1) is 7.22. The minimum absolute atomic E-state index is 0.218. The molecule has 0 spiro atoms. The van der Waals surface area contributed by atoms with Crippen molar-refractivity contribution >= 4 is 23.1 Å². The van der Waals surface area contributed by atoms with Crippen molar-refractivity contribution in [3.05, 3.63) is 11.6 Å². The normalized spacial score (nSPS) is 11.2. The summed E-state index contributed by atoms with van der Waals surface area (Å²) in [4.78, 5) is 0.828. The van der Waals surface area contributed by atoms with E-state index in [1.54, 1.807) is 0 Å². The number of rotatable bonds is 3. The fourth-order valence-corrected chi connectivity index (χ4v) is 1.97. The molecule has 5 nitrogen and oxygen atoms in total. The molecular weight excluding hydrogens is 236 g/mol. The second-order valence-electron chi connectivity index (χ2n) is 3.28. The average molecular weight is 245 g/mol. The van der Waals surface area contributed by atoms with Crippen LogP contribution in [0.4, 0.5) is 0 Å². The summed E-state index contributed by atoms with van der Waals surface area (Å²) in [5.74, 6) is 1.36. The van der Waals surface area contributed by atoms with E-state index in [0.717, 1.165) is 10.6 Å². The Balaban J connectivity index is 2.40. The van der Waals surface area contributed by atoms with Crippen molar-refractivity contribution in [3.63, 3.8) is 0 Å². The van der Waals surface area contributed by atoms with Gasteiger partial charge in [-0.25, -0.2) is 0 Å². The molecule has 0 fully saturated rings. The molecule has 0 aliphatic heterocycles. The molecule has 0 amide bonds. The lowest BCUT2D eigenvalue weighted by Crippen LogP contribution is -1.90. The molecule has 0 saturated carbocycles. The van der Waals surface area contributed by atoms with Crippen molar-refractivity contribution < 1.29 is 4.42 Å². The third-order valence-corrected chi connectivity index (χ3v) is 2.79. The largest absolute Gasteiger partial charge is 0.418 e. The monoisotopic (exact) mass is 244 g/mol. The van der Waals surface area contributed by atoms with Gasteiger partial charge in [-0.2, -0.15) is 0 Å². The van der Waals surface area contributed by atoms with Crippen molar-refractivity contribution in [1.29, 1.82) is 0 Å². The number of aromatic nitrogens is 4. The molecule has 0 saturated heterocycles. The van der Waals surface area contributed by atoms with Crippen LogP contribution in [-0.2, 0) is 5.88 Å². The molecule has 2 aromatic heterocycles. The van der Waals surface area contributed by atoms with E-state index >= 15 is 0 Å². The number of hydrogen-bond donors (Lipinski definition) is 0. The van der Waals surface area contributed by atoms with Gasteiger partial charge in [-0.1, -0.05) is 18.3 Å². The summed E-state index contributed by atoms with van der Waals surface area (Å²) in [5.41, 5.74) is 0.879. The zero-order valence-electron chi connectivity index (χ0n) is 8.27. The van der Waals surface area contributed by atoms with Gasteiger partial charge in [0, 0.05) is 0 Å². The Hall–Kier alpha value is -1.01. The average Bonchev–Trinajstić information content (AvgIpc) is 2.85. The Kier molecular flexibility index (Phi) is 2.97. The summed E-state index contributed by atoms with van der Waals surface area (Å²) in [6.45, 7) is 4.08. The number of hydrogen-bond acceptors (Lipinski definition) is 6. The molecule has 0 aliphatic rings. The van der Waals surface area contributed by atoms with Crippen LogP contribution in [0.5, 0.6) is 0 Å². The lowest BCUT2D eigenvalue weighted by Gasteiger charge is -1.98. The second-order valence-corrected chi connectivity index (χ2v) is 4.30. The molecule has 15 heavy (non-hydrogen) atoms. The summed E-state index contributed by atoms with van der Waals surface area (Å²) in [6.07, 6.45) is 0. The fraction of sp³-hybridized carbons (Fsp3) is 0.500. The summed E-state index contributed by atoms with van der Waals surface area (Å²) < 4.78 is 9.23. The summed E-state index contributed by atoms with van der Waals surface area (Å²) in [5, 5.41) is 11.7. The lowest BCUT2D eigenvalue weighted by atomic mass is 10.1.